The number of nitrogens with one attached hydrogen (secondary N) is 1. The van der Waals surface area contributed by atoms with E-state index in [9.17, 15) is 14.7 Å². The van der Waals surface area contributed by atoms with Crippen LogP contribution in [-0.4, -0.2) is 41.7 Å². The SMILES string of the molecule is CCOCc1ccc(CNC(=O)N2CCC(C)(C(=O)O)C2)cc1. The van der Waals surface area contributed by atoms with E-state index in [1.54, 1.807) is 11.8 Å². The predicted octanol–water partition coefficient (Wildman–Crippen LogP) is 2.23. The minimum atomic E-state index is -0.849. The van der Waals surface area contributed by atoms with Crippen LogP contribution in [0.25, 0.3) is 0 Å². The maximum atomic E-state index is 12.1. The van der Waals surface area contributed by atoms with Gasteiger partial charge in [-0.3, -0.25) is 4.79 Å². The lowest BCUT2D eigenvalue weighted by molar-refractivity contribution is -0.147. The van der Waals surface area contributed by atoms with Crippen molar-refractivity contribution < 1.29 is 19.4 Å². The Morgan fingerprint density at radius 3 is 2.52 bits per heavy atom. The first-order valence-corrected chi connectivity index (χ1v) is 7.86. The zero-order valence-corrected chi connectivity index (χ0v) is 13.7. The van der Waals surface area contributed by atoms with Crippen LogP contribution >= 0.6 is 0 Å². The fourth-order valence-electron chi connectivity index (χ4n) is 2.57. The van der Waals surface area contributed by atoms with E-state index in [0.29, 0.717) is 32.7 Å². The van der Waals surface area contributed by atoms with E-state index in [4.69, 9.17) is 4.74 Å². The van der Waals surface area contributed by atoms with Crippen molar-refractivity contribution in [2.45, 2.75) is 33.4 Å². The molecular weight excluding hydrogens is 296 g/mol. The summed E-state index contributed by atoms with van der Waals surface area (Å²) in [7, 11) is 0. The smallest absolute Gasteiger partial charge is 0.317 e. The lowest BCUT2D eigenvalue weighted by atomic mass is 9.90. The van der Waals surface area contributed by atoms with Crippen molar-refractivity contribution in [1.82, 2.24) is 10.2 Å². The number of amides is 2. The average Bonchev–Trinajstić information content (AvgIpc) is 2.95. The zero-order valence-electron chi connectivity index (χ0n) is 13.7. The molecule has 0 aliphatic carbocycles. The van der Waals surface area contributed by atoms with Gasteiger partial charge < -0.3 is 20.1 Å². The molecule has 6 heteroatoms. The van der Waals surface area contributed by atoms with Gasteiger partial charge in [0, 0.05) is 26.2 Å². The zero-order chi connectivity index (χ0) is 16.9. The third-order valence-corrected chi connectivity index (χ3v) is 4.22. The molecule has 1 heterocycles. The molecule has 1 aliphatic heterocycles. The first-order chi connectivity index (χ1) is 10.9. The second-order valence-electron chi connectivity index (χ2n) is 6.15. The lowest BCUT2D eigenvalue weighted by Gasteiger charge is -2.20. The number of carboxylic acid groups (broad SMARTS) is 1. The molecule has 2 amide bonds. The minimum absolute atomic E-state index is 0.214. The second-order valence-corrected chi connectivity index (χ2v) is 6.15. The summed E-state index contributed by atoms with van der Waals surface area (Å²) in [6, 6.07) is 7.66. The largest absolute Gasteiger partial charge is 0.481 e. The molecule has 1 aliphatic rings. The summed E-state index contributed by atoms with van der Waals surface area (Å²) in [6.07, 6.45) is 0.488. The highest BCUT2D eigenvalue weighted by Gasteiger charge is 2.42. The predicted molar refractivity (Wildman–Crippen MR) is 85.9 cm³/mol. The van der Waals surface area contributed by atoms with Crippen LogP contribution in [0.15, 0.2) is 24.3 Å². The molecule has 1 fully saturated rings. The summed E-state index contributed by atoms with van der Waals surface area (Å²) in [4.78, 5) is 24.9. The van der Waals surface area contributed by atoms with Crippen molar-refractivity contribution in [2.24, 2.45) is 5.41 Å². The van der Waals surface area contributed by atoms with E-state index in [1.165, 1.54) is 0 Å². The Hall–Kier alpha value is -2.08. The number of ether oxygens (including phenoxy) is 1. The topological polar surface area (TPSA) is 78.9 Å². The molecule has 2 N–H and O–H groups in total. The van der Waals surface area contributed by atoms with Crippen LogP contribution in [0.3, 0.4) is 0 Å². The normalized spacial score (nSPS) is 20.5. The number of aliphatic carboxylic acids is 1. The molecule has 0 bridgehead atoms. The molecule has 0 spiro atoms. The number of rotatable bonds is 6. The quantitative estimate of drug-likeness (QED) is 0.842. The molecule has 0 aromatic heterocycles. The highest BCUT2D eigenvalue weighted by Crippen LogP contribution is 2.29. The number of carbonyl (C=O) groups excluding carboxylic acids is 1. The summed E-state index contributed by atoms with van der Waals surface area (Å²) in [5, 5.41) is 12.0. The van der Waals surface area contributed by atoms with Crippen LogP contribution in [0.4, 0.5) is 4.79 Å². The fourth-order valence-corrected chi connectivity index (χ4v) is 2.57. The standard InChI is InChI=1S/C17H24N2O4/c1-3-23-11-14-6-4-13(5-7-14)10-18-16(22)19-9-8-17(2,12-19)15(20)21/h4-7H,3,8-12H2,1-2H3,(H,18,22)(H,20,21). The van der Waals surface area contributed by atoms with Crippen LogP contribution in [0.1, 0.15) is 31.4 Å². The molecule has 6 nitrogen and oxygen atoms in total. The van der Waals surface area contributed by atoms with Gasteiger partial charge in [-0.25, -0.2) is 4.79 Å². The molecule has 1 aromatic carbocycles. The van der Waals surface area contributed by atoms with Crippen LogP contribution in [0.2, 0.25) is 0 Å². The van der Waals surface area contributed by atoms with Crippen molar-refractivity contribution >= 4 is 12.0 Å². The van der Waals surface area contributed by atoms with Crippen LogP contribution in [0, 0.1) is 5.41 Å². The van der Waals surface area contributed by atoms with Crippen molar-refractivity contribution in [3.05, 3.63) is 35.4 Å². The molecule has 126 valence electrons. The molecular formula is C17H24N2O4. The number of carboxylic acids is 1. The minimum Gasteiger partial charge on any atom is -0.481 e. The number of carbonyl (C=O) groups is 2. The van der Waals surface area contributed by atoms with Crippen LogP contribution in [-0.2, 0) is 22.7 Å². The van der Waals surface area contributed by atoms with E-state index < -0.39 is 11.4 Å². The molecule has 0 saturated carbocycles. The van der Waals surface area contributed by atoms with Crippen LogP contribution in [0.5, 0.6) is 0 Å². The number of urea groups is 1. The molecule has 1 atom stereocenters. The molecule has 1 aromatic rings. The second kappa shape index (κ2) is 7.46. The van der Waals surface area contributed by atoms with Crippen molar-refractivity contribution in [2.75, 3.05) is 19.7 Å². The summed E-state index contributed by atoms with van der Waals surface area (Å²) in [5.41, 5.74) is 1.26. The Morgan fingerprint density at radius 1 is 1.30 bits per heavy atom. The van der Waals surface area contributed by atoms with Gasteiger partial charge in [-0.2, -0.15) is 0 Å². The molecule has 0 radical (unpaired) electrons. The van der Waals surface area contributed by atoms with Gasteiger partial charge in [0.15, 0.2) is 0 Å². The highest BCUT2D eigenvalue weighted by molar-refractivity contribution is 5.79. The first kappa shape index (κ1) is 17.3. The monoisotopic (exact) mass is 320 g/mol. The third kappa shape index (κ3) is 4.45. The molecule has 2 rings (SSSR count). The van der Waals surface area contributed by atoms with Gasteiger partial charge in [0.2, 0.25) is 0 Å². The van der Waals surface area contributed by atoms with Gasteiger partial charge in [0.1, 0.15) is 0 Å². The van der Waals surface area contributed by atoms with Gasteiger partial charge in [-0.05, 0) is 31.4 Å². The van der Waals surface area contributed by atoms with Crippen molar-refractivity contribution in [3.63, 3.8) is 0 Å². The Bertz CT molecular complexity index is 558. The van der Waals surface area contributed by atoms with Gasteiger partial charge in [0.25, 0.3) is 0 Å². The fraction of sp³-hybridized carbons (Fsp3) is 0.529. The number of likely N-dealkylation sites (tertiary alicyclic amines) is 1. The van der Waals surface area contributed by atoms with E-state index in [-0.39, 0.29) is 12.6 Å². The van der Waals surface area contributed by atoms with Gasteiger partial charge in [0.05, 0.1) is 12.0 Å². The van der Waals surface area contributed by atoms with Gasteiger partial charge >= 0.3 is 12.0 Å². The van der Waals surface area contributed by atoms with E-state index in [1.807, 2.05) is 31.2 Å². The van der Waals surface area contributed by atoms with Gasteiger partial charge in [-0.1, -0.05) is 24.3 Å². The van der Waals surface area contributed by atoms with Gasteiger partial charge in [-0.15, -0.1) is 0 Å². The molecule has 1 unspecified atom stereocenters. The van der Waals surface area contributed by atoms with E-state index in [0.717, 1.165) is 11.1 Å². The van der Waals surface area contributed by atoms with Crippen LogP contribution < -0.4 is 5.32 Å². The summed E-state index contributed by atoms with van der Waals surface area (Å²) >= 11 is 0. The third-order valence-electron chi connectivity index (χ3n) is 4.22. The number of nitrogens with zero attached hydrogens (tertiary/aromatic N) is 1. The number of hydrogen-bond donors (Lipinski definition) is 2. The average molecular weight is 320 g/mol. The first-order valence-electron chi connectivity index (χ1n) is 7.86. The Kier molecular flexibility index (Phi) is 5.60. The maximum Gasteiger partial charge on any atom is 0.317 e. The van der Waals surface area contributed by atoms with Crippen molar-refractivity contribution in [3.8, 4) is 0 Å². The summed E-state index contributed by atoms with van der Waals surface area (Å²) < 4.78 is 5.34. The highest BCUT2D eigenvalue weighted by atomic mass is 16.5. The summed E-state index contributed by atoms with van der Waals surface area (Å²) in [5.74, 6) is -0.849. The summed E-state index contributed by atoms with van der Waals surface area (Å²) in [6.45, 7) is 6.06. The van der Waals surface area contributed by atoms with E-state index in [2.05, 4.69) is 5.32 Å². The Morgan fingerprint density at radius 2 is 1.96 bits per heavy atom. The number of hydrogen-bond acceptors (Lipinski definition) is 3. The van der Waals surface area contributed by atoms with E-state index >= 15 is 0 Å². The van der Waals surface area contributed by atoms with Crippen molar-refractivity contribution in [1.29, 1.82) is 0 Å². The maximum absolute atomic E-state index is 12.1. The molecule has 23 heavy (non-hydrogen) atoms. The lowest BCUT2D eigenvalue weighted by Crippen LogP contribution is -2.40. The molecule has 1 saturated heterocycles. The Labute approximate surface area is 136 Å². The Balaban J connectivity index is 1.82. The number of benzene rings is 1.